The molecule has 9 nitrogen and oxygen atoms in total. The summed E-state index contributed by atoms with van der Waals surface area (Å²) in [5.41, 5.74) is 0.643. The Kier molecular flexibility index (Phi) is 6.85. The van der Waals surface area contributed by atoms with Crippen molar-refractivity contribution in [3.8, 4) is 11.5 Å². The second-order valence-electron chi connectivity index (χ2n) is 6.34. The lowest BCUT2D eigenvalue weighted by molar-refractivity contribution is -0.384. The molecule has 29 heavy (non-hydrogen) atoms. The van der Waals surface area contributed by atoms with Gasteiger partial charge in [-0.25, -0.2) is 0 Å². The van der Waals surface area contributed by atoms with Gasteiger partial charge in [-0.2, -0.15) is 0 Å². The number of amides is 1. The van der Waals surface area contributed by atoms with E-state index in [4.69, 9.17) is 14.2 Å². The minimum absolute atomic E-state index is 0.0889. The minimum Gasteiger partial charge on any atom is -0.497 e. The van der Waals surface area contributed by atoms with Crippen LogP contribution in [-0.2, 0) is 4.74 Å². The van der Waals surface area contributed by atoms with E-state index >= 15 is 0 Å². The molecule has 9 heteroatoms. The van der Waals surface area contributed by atoms with Gasteiger partial charge in [0.15, 0.2) is 0 Å². The van der Waals surface area contributed by atoms with Crippen molar-refractivity contribution in [1.82, 2.24) is 5.32 Å². The molecule has 1 saturated heterocycles. The fourth-order valence-electron chi connectivity index (χ4n) is 2.99. The number of benzene rings is 2. The Bertz CT molecular complexity index is 850. The number of nitro benzene ring substituents is 1. The summed E-state index contributed by atoms with van der Waals surface area (Å²) >= 11 is 0. The summed E-state index contributed by atoms with van der Waals surface area (Å²) in [5, 5.41) is 14.2. The van der Waals surface area contributed by atoms with Crippen LogP contribution < -0.4 is 19.7 Å². The topological polar surface area (TPSA) is 103 Å². The van der Waals surface area contributed by atoms with E-state index in [1.807, 2.05) is 4.90 Å². The Morgan fingerprint density at radius 1 is 1.17 bits per heavy atom. The Hall–Kier alpha value is -3.33. The van der Waals surface area contributed by atoms with Gasteiger partial charge in [0.1, 0.15) is 23.8 Å². The second-order valence-corrected chi connectivity index (χ2v) is 6.34. The highest BCUT2D eigenvalue weighted by Crippen LogP contribution is 2.29. The van der Waals surface area contributed by atoms with Crippen LogP contribution in [0.5, 0.6) is 11.5 Å². The molecule has 1 N–H and O–H groups in total. The number of carbonyl (C=O) groups is 1. The van der Waals surface area contributed by atoms with Crippen molar-refractivity contribution < 1.29 is 23.9 Å². The monoisotopic (exact) mass is 401 g/mol. The van der Waals surface area contributed by atoms with Crippen LogP contribution in [0.3, 0.4) is 0 Å². The molecule has 0 spiro atoms. The smallest absolute Gasteiger partial charge is 0.293 e. The molecule has 0 aromatic heterocycles. The lowest BCUT2D eigenvalue weighted by Gasteiger charge is -2.28. The Labute approximate surface area is 168 Å². The molecular formula is C20H23N3O6. The molecule has 0 radical (unpaired) electrons. The van der Waals surface area contributed by atoms with Crippen molar-refractivity contribution in [2.45, 2.75) is 0 Å². The molecule has 2 aromatic carbocycles. The quantitative estimate of drug-likeness (QED) is 0.411. The molecule has 0 aliphatic carbocycles. The lowest BCUT2D eigenvalue weighted by atomic mass is 10.1. The number of rotatable bonds is 8. The average Bonchev–Trinajstić information content (AvgIpc) is 2.77. The molecule has 1 aliphatic rings. The average molecular weight is 401 g/mol. The van der Waals surface area contributed by atoms with Crippen LogP contribution in [0, 0.1) is 10.1 Å². The maximum atomic E-state index is 12.4. The van der Waals surface area contributed by atoms with Crippen LogP contribution in [0.4, 0.5) is 11.4 Å². The highest BCUT2D eigenvalue weighted by Gasteiger charge is 2.23. The number of carbonyl (C=O) groups excluding carboxylic acids is 1. The molecule has 0 atom stereocenters. The zero-order chi connectivity index (χ0) is 20.6. The van der Waals surface area contributed by atoms with Gasteiger partial charge in [-0.15, -0.1) is 0 Å². The van der Waals surface area contributed by atoms with E-state index in [9.17, 15) is 14.9 Å². The van der Waals surface area contributed by atoms with Gasteiger partial charge in [0.25, 0.3) is 11.6 Å². The maximum Gasteiger partial charge on any atom is 0.293 e. The van der Waals surface area contributed by atoms with E-state index in [0.717, 1.165) is 5.75 Å². The molecule has 1 heterocycles. The first-order valence-corrected chi connectivity index (χ1v) is 9.24. The number of nitro groups is 1. The molecule has 1 amide bonds. The third-order valence-electron chi connectivity index (χ3n) is 4.50. The highest BCUT2D eigenvalue weighted by atomic mass is 16.6. The van der Waals surface area contributed by atoms with E-state index in [2.05, 4.69) is 5.32 Å². The molecule has 1 fully saturated rings. The van der Waals surface area contributed by atoms with Crippen molar-refractivity contribution >= 4 is 17.3 Å². The summed E-state index contributed by atoms with van der Waals surface area (Å²) in [4.78, 5) is 25.3. The summed E-state index contributed by atoms with van der Waals surface area (Å²) in [6.45, 7) is 2.74. The third-order valence-corrected chi connectivity index (χ3v) is 4.50. The molecule has 1 aliphatic heterocycles. The number of nitrogens with one attached hydrogen (secondary N) is 1. The van der Waals surface area contributed by atoms with Crippen molar-refractivity contribution in [3.05, 3.63) is 58.1 Å². The third kappa shape index (κ3) is 5.35. The van der Waals surface area contributed by atoms with Crippen molar-refractivity contribution in [2.24, 2.45) is 0 Å². The van der Waals surface area contributed by atoms with Gasteiger partial charge >= 0.3 is 0 Å². The van der Waals surface area contributed by atoms with E-state index in [1.165, 1.54) is 6.07 Å². The van der Waals surface area contributed by atoms with Crippen molar-refractivity contribution in [3.63, 3.8) is 0 Å². The number of anilines is 1. The molecule has 0 unspecified atom stereocenters. The summed E-state index contributed by atoms with van der Waals surface area (Å²) in [6.07, 6.45) is 0. The predicted octanol–water partition coefficient (Wildman–Crippen LogP) is 2.25. The summed E-state index contributed by atoms with van der Waals surface area (Å²) in [7, 11) is 1.59. The van der Waals surface area contributed by atoms with Crippen LogP contribution >= 0.6 is 0 Å². The van der Waals surface area contributed by atoms with Crippen LogP contribution in [0.1, 0.15) is 10.4 Å². The first kappa shape index (κ1) is 20.4. The number of methoxy groups -OCH3 is 1. The van der Waals surface area contributed by atoms with Crippen LogP contribution in [0.25, 0.3) is 0 Å². The molecular weight excluding hydrogens is 378 g/mol. The first-order chi connectivity index (χ1) is 14.1. The van der Waals surface area contributed by atoms with Crippen LogP contribution in [-0.4, -0.2) is 57.4 Å². The van der Waals surface area contributed by atoms with Gasteiger partial charge < -0.3 is 24.4 Å². The van der Waals surface area contributed by atoms with Gasteiger partial charge in [0.2, 0.25) is 0 Å². The second kappa shape index (κ2) is 9.74. The Morgan fingerprint density at radius 2 is 1.86 bits per heavy atom. The Balaban J connectivity index is 1.56. The predicted molar refractivity (Wildman–Crippen MR) is 107 cm³/mol. The van der Waals surface area contributed by atoms with Crippen molar-refractivity contribution in [2.75, 3.05) is 51.5 Å². The van der Waals surface area contributed by atoms with Gasteiger partial charge in [0, 0.05) is 24.7 Å². The summed E-state index contributed by atoms with van der Waals surface area (Å²) in [6, 6.07) is 11.6. The number of morpholine rings is 1. The van der Waals surface area contributed by atoms with E-state index < -0.39 is 4.92 Å². The SMILES string of the molecule is COc1ccc(OCCNC(=O)c2ccc(N3CCOCC3)c([N+](=O)[O-])c2)cc1. The lowest BCUT2D eigenvalue weighted by Crippen LogP contribution is -2.36. The standard InChI is InChI=1S/C20H23N3O6/c1-27-16-3-5-17(6-4-16)29-11-8-21-20(24)15-2-7-18(19(14-15)23(25)26)22-9-12-28-13-10-22/h2-7,14H,8-13H2,1H3,(H,21,24). The Morgan fingerprint density at radius 3 is 2.52 bits per heavy atom. The molecule has 154 valence electrons. The fourth-order valence-corrected chi connectivity index (χ4v) is 2.99. The van der Waals surface area contributed by atoms with Crippen LogP contribution in [0.15, 0.2) is 42.5 Å². The molecule has 2 aromatic rings. The highest BCUT2D eigenvalue weighted by molar-refractivity contribution is 5.95. The van der Waals surface area contributed by atoms with Crippen LogP contribution in [0.2, 0.25) is 0 Å². The fraction of sp³-hybridized carbons (Fsp3) is 0.350. The largest absolute Gasteiger partial charge is 0.497 e. The molecule has 3 rings (SSSR count). The van der Waals surface area contributed by atoms with E-state index in [1.54, 1.807) is 43.5 Å². The number of hydrogen-bond donors (Lipinski definition) is 1. The zero-order valence-electron chi connectivity index (χ0n) is 16.1. The number of ether oxygens (including phenoxy) is 3. The zero-order valence-corrected chi connectivity index (χ0v) is 16.1. The summed E-state index contributed by atoms with van der Waals surface area (Å²) in [5.74, 6) is 0.998. The number of nitrogens with zero attached hydrogens (tertiary/aromatic N) is 2. The molecule has 0 bridgehead atoms. The first-order valence-electron chi connectivity index (χ1n) is 9.24. The van der Waals surface area contributed by atoms with Crippen molar-refractivity contribution in [1.29, 1.82) is 0 Å². The molecule has 0 saturated carbocycles. The van der Waals surface area contributed by atoms with Gasteiger partial charge in [-0.05, 0) is 36.4 Å². The van der Waals surface area contributed by atoms with Gasteiger partial charge in [-0.3, -0.25) is 14.9 Å². The minimum atomic E-state index is -0.464. The van der Waals surface area contributed by atoms with Gasteiger partial charge in [0.05, 0.1) is 31.8 Å². The van der Waals surface area contributed by atoms with E-state index in [0.29, 0.717) is 37.7 Å². The summed E-state index contributed by atoms with van der Waals surface area (Å²) < 4.78 is 15.9. The van der Waals surface area contributed by atoms with E-state index in [-0.39, 0.29) is 30.3 Å². The normalized spacial score (nSPS) is 13.6. The maximum absolute atomic E-state index is 12.4. The number of hydrogen-bond acceptors (Lipinski definition) is 7. The van der Waals surface area contributed by atoms with Gasteiger partial charge in [-0.1, -0.05) is 0 Å².